The standard InChI is InChI=1S/C18H17F2N3O3/c19-14-4-3-12(9-15(14)20)23-17(24)11-5-6-21-16(8-11)18(25)22-10-13-2-1-7-26-13/h3-6,8-9,13H,1-2,7,10H2,(H,22,25)(H,23,24). The van der Waals surface area contributed by atoms with E-state index in [4.69, 9.17) is 4.74 Å². The van der Waals surface area contributed by atoms with E-state index in [1.165, 1.54) is 24.4 Å². The fourth-order valence-corrected chi connectivity index (χ4v) is 2.58. The van der Waals surface area contributed by atoms with E-state index in [1.54, 1.807) is 0 Å². The number of nitrogens with one attached hydrogen (secondary N) is 2. The Balaban J connectivity index is 1.64. The van der Waals surface area contributed by atoms with Crippen molar-refractivity contribution in [2.45, 2.75) is 18.9 Å². The highest BCUT2D eigenvalue weighted by Gasteiger charge is 2.18. The van der Waals surface area contributed by atoms with Crippen LogP contribution in [0.5, 0.6) is 0 Å². The Morgan fingerprint density at radius 2 is 2.00 bits per heavy atom. The highest BCUT2D eigenvalue weighted by Crippen LogP contribution is 2.15. The van der Waals surface area contributed by atoms with Gasteiger partial charge in [-0.3, -0.25) is 14.6 Å². The number of pyridine rings is 1. The summed E-state index contributed by atoms with van der Waals surface area (Å²) in [5.41, 5.74) is 0.364. The van der Waals surface area contributed by atoms with E-state index >= 15 is 0 Å². The molecule has 26 heavy (non-hydrogen) atoms. The number of halogens is 2. The summed E-state index contributed by atoms with van der Waals surface area (Å²) in [6.07, 6.45) is 3.20. The molecule has 2 aromatic rings. The number of anilines is 1. The van der Waals surface area contributed by atoms with Crippen LogP contribution in [0.25, 0.3) is 0 Å². The topological polar surface area (TPSA) is 80.3 Å². The van der Waals surface area contributed by atoms with Gasteiger partial charge in [0, 0.05) is 36.7 Å². The molecular weight excluding hydrogens is 344 g/mol. The molecule has 0 aliphatic carbocycles. The first-order chi connectivity index (χ1) is 12.5. The fraction of sp³-hybridized carbons (Fsp3) is 0.278. The van der Waals surface area contributed by atoms with Crippen LogP contribution in [0.4, 0.5) is 14.5 Å². The number of nitrogens with zero attached hydrogens (tertiary/aromatic N) is 1. The number of carbonyl (C=O) groups excluding carboxylic acids is 2. The second-order valence-electron chi connectivity index (χ2n) is 5.86. The van der Waals surface area contributed by atoms with Crippen molar-refractivity contribution in [3.05, 3.63) is 59.4 Å². The van der Waals surface area contributed by atoms with Crippen LogP contribution in [0.1, 0.15) is 33.7 Å². The number of benzene rings is 1. The summed E-state index contributed by atoms with van der Waals surface area (Å²) in [7, 11) is 0. The SMILES string of the molecule is O=C(Nc1ccc(F)c(F)c1)c1ccnc(C(=O)NCC2CCCO2)c1. The monoisotopic (exact) mass is 361 g/mol. The van der Waals surface area contributed by atoms with Gasteiger partial charge in [0.1, 0.15) is 5.69 Å². The molecule has 0 radical (unpaired) electrons. The van der Waals surface area contributed by atoms with Crippen molar-refractivity contribution in [1.82, 2.24) is 10.3 Å². The maximum atomic E-state index is 13.2. The number of rotatable bonds is 5. The second-order valence-corrected chi connectivity index (χ2v) is 5.86. The molecule has 1 aliphatic rings. The third-order valence-electron chi connectivity index (χ3n) is 3.95. The second kappa shape index (κ2) is 8.01. The molecule has 8 heteroatoms. The molecular formula is C18H17F2N3O3. The van der Waals surface area contributed by atoms with Crippen LogP contribution in [-0.4, -0.2) is 36.1 Å². The first-order valence-electron chi connectivity index (χ1n) is 8.15. The van der Waals surface area contributed by atoms with Gasteiger partial charge in [0.25, 0.3) is 11.8 Å². The number of amides is 2. The van der Waals surface area contributed by atoms with E-state index in [1.807, 2.05) is 0 Å². The lowest BCUT2D eigenvalue weighted by Crippen LogP contribution is -2.32. The van der Waals surface area contributed by atoms with Gasteiger partial charge in [-0.25, -0.2) is 8.78 Å². The van der Waals surface area contributed by atoms with Crippen LogP contribution < -0.4 is 10.6 Å². The Morgan fingerprint density at radius 3 is 2.73 bits per heavy atom. The lowest BCUT2D eigenvalue weighted by atomic mass is 10.2. The van der Waals surface area contributed by atoms with E-state index in [9.17, 15) is 18.4 Å². The average molecular weight is 361 g/mol. The normalized spacial score (nSPS) is 16.3. The number of ether oxygens (including phenoxy) is 1. The minimum Gasteiger partial charge on any atom is -0.376 e. The summed E-state index contributed by atoms with van der Waals surface area (Å²) in [4.78, 5) is 28.4. The van der Waals surface area contributed by atoms with E-state index in [0.717, 1.165) is 25.0 Å². The van der Waals surface area contributed by atoms with Gasteiger partial charge in [-0.2, -0.15) is 0 Å². The Hall–Kier alpha value is -2.87. The van der Waals surface area contributed by atoms with E-state index in [0.29, 0.717) is 13.2 Å². The van der Waals surface area contributed by atoms with Crippen LogP contribution in [0.3, 0.4) is 0 Å². The molecule has 0 bridgehead atoms. The highest BCUT2D eigenvalue weighted by molar-refractivity contribution is 6.05. The predicted octanol–water partition coefficient (Wildman–Crippen LogP) is 2.52. The van der Waals surface area contributed by atoms with Crippen LogP contribution in [0.2, 0.25) is 0 Å². The zero-order chi connectivity index (χ0) is 18.5. The molecule has 6 nitrogen and oxygen atoms in total. The summed E-state index contributed by atoms with van der Waals surface area (Å²) < 4.78 is 31.6. The fourth-order valence-electron chi connectivity index (χ4n) is 2.58. The van der Waals surface area contributed by atoms with E-state index < -0.39 is 23.4 Å². The van der Waals surface area contributed by atoms with Gasteiger partial charge in [0.15, 0.2) is 11.6 Å². The number of carbonyl (C=O) groups is 2. The van der Waals surface area contributed by atoms with Crippen molar-refractivity contribution >= 4 is 17.5 Å². The molecule has 1 aromatic heterocycles. The smallest absolute Gasteiger partial charge is 0.269 e. The molecule has 0 saturated carbocycles. The minimum atomic E-state index is -1.06. The molecule has 1 atom stereocenters. The zero-order valence-electron chi connectivity index (χ0n) is 13.8. The first kappa shape index (κ1) is 17.9. The summed E-state index contributed by atoms with van der Waals surface area (Å²) in [5, 5.41) is 5.17. The highest BCUT2D eigenvalue weighted by atomic mass is 19.2. The molecule has 2 N–H and O–H groups in total. The largest absolute Gasteiger partial charge is 0.376 e. The van der Waals surface area contributed by atoms with Crippen molar-refractivity contribution in [2.24, 2.45) is 0 Å². The van der Waals surface area contributed by atoms with Gasteiger partial charge in [-0.05, 0) is 37.1 Å². The van der Waals surface area contributed by atoms with Crippen molar-refractivity contribution in [2.75, 3.05) is 18.5 Å². The molecule has 136 valence electrons. The maximum Gasteiger partial charge on any atom is 0.269 e. The van der Waals surface area contributed by atoms with Gasteiger partial charge < -0.3 is 15.4 Å². The van der Waals surface area contributed by atoms with Crippen molar-refractivity contribution in [1.29, 1.82) is 0 Å². The summed E-state index contributed by atoms with van der Waals surface area (Å²) in [6.45, 7) is 1.07. The van der Waals surface area contributed by atoms with Crippen molar-refractivity contribution < 1.29 is 23.1 Å². The quantitative estimate of drug-likeness (QED) is 0.858. The molecule has 2 amide bonds. The molecule has 3 rings (SSSR count). The van der Waals surface area contributed by atoms with Crippen LogP contribution >= 0.6 is 0 Å². The van der Waals surface area contributed by atoms with Crippen molar-refractivity contribution in [3.63, 3.8) is 0 Å². The Morgan fingerprint density at radius 1 is 1.15 bits per heavy atom. The molecule has 1 aliphatic heterocycles. The minimum absolute atomic E-state index is 0.00111. The molecule has 1 unspecified atom stereocenters. The van der Waals surface area contributed by atoms with Crippen LogP contribution in [0.15, 0.2) is 36.5 Å². The van der Waals surface area contributed by atoms with Crippen LogP contribution in [0, 0.1) is 11.6 Å². The van der Waals surface area contributed by atoms with E-state index in [-0.39, 0.29) is 23.0 Å². The molecule has 2 heterocycles. The van der Waals surface area contributed by atoms with Gasteiger partial charge in [0.05, 0.1) is 6.10 Å². The molecule has 1 saturated heterocycles. The predicted molar refractivity (Wildman–Crippen MR) is 89.9 cm³/mol. The average Bonchev–Trinajstić information content (AvgIpc) is 3.16. The number of hydrogen-bond acceptors (Lipinski definition) is 4. The van der Waals surface area contributed by atoms with Gasteiger partial charge >= 0.3 is 0 Å². The summed E-state index contributed by atoms with van der Waals surface area (Å²) in [6, 6.07) is 5.80. The molecule has 0 spiro atoms. The van der Waals surface area contributed by atoms with Gasteiger partial charge in [-0.15, -0.1) is 0 Å². The van der Waals surface area contributed by atoms with Crippen molar-refractivity contribution in [3.8, 4) is 0 Å². The lowest BCUT2D eigenvalue weighted by Gasteiger charge is -2.11. The maximum absolute atomic E-state index is 13.2. The number of aromatic nitrogens is 1. The van der Waals surface area contributed by atoms with Gasteiger partial charge in [0.2, 0.25) is 0 Å². The zero-order valence-corrected chi connectivity index (χ0v) is 13.8. The first-order valence-corrected chi connectivity index (χ1v) is 8.15. The van der Waals surface area contributed by atoms with Crippen LogP contribution in [-0.2, 0) is 4.74 Å². The third kappa shape index (κ3) is 4.40. The lowest BCUT2D eigenvalue weighted by molar-refractivity contribution is 0.0853. The Labute approximate surface area is 148 Å². The third-order valence-corrected chi connectivity index (χ3v) is 3.95. The number of hydrogen-bond donors (Lipinski definition) is 2. The molecule has 1 fully saturated rings. The Kier molecular flexibility index (Phi) is 5.52. The van der Waals surface area contributed by atoms with Gasteiger partial charge in [-0.1, -0.05) is 0 Å². The van der Waals surface area contributed by atoms with E-state index in [2.05, 4.69) is 15.6 Å². The molecule has 1 aromatic carbocycles. The Bertz CT molecular complexity index is 823. The summed E-state index contributed by atoms with van der Waals surface area (Å²) in [5.74, 6) is -3.04. The summed E-state index contributed by atoms with van der Waals surface area (Å²) >= 11 is 0.